The SMILES string of the molecule is CC(C)(C)OC(=O)N1CCN(C(=O)c2cccc([N+](=O)[O-])c2)CC1. The van der Waals surface area contributed by atoms with Crippen LogP contribution < -0.4 is 0 Å². The van der Waals surface area contributed by atoms with E-state index in [1.807, 2.05) is 0 Å². The van der Waals surface area contributed by atoms with Crippen LogP contribution in [-0.4, -0.2) is 58.5 Å². The van der Waals surface area contributed by atoms with E-state index in [1.165, 1.54) is 18.2 Å². The van der Waals surface area contributed by atoms with E-state index >= 15 is 0 Å². The molecule has 1 aromatic carbocycles. The van der Waals surface area contributed by atoms with Crippen molar-refractivity contribution in [3.8, 4) is 0 Å². The number of piperazine rings is 1. The summed E-state index contributed by atoms with van der Waals surface area (Å²) in [5.41, 5.74) is -0.407. The fourth-order valence-corrected chi connectivity index (χ4v) is 2.35. The van der Waals surface area contributed by atoms with Crippen molar-refractivity contribution in [3.63, 3.8) is 0 Å². The van der Waals surface area contributed by atoms with Crippen molar-refractivity contribution < 1.29 is 19.2 Å². The van der Waals surface area contributed by atoms with Crippen molar-refractivity contribution in [2.75, 3.05) is 26.2 Å². The first kappa shape index (κ1) is 17.7. The molecule has 0 unspecified atom stereocenters. The van der Waals surface area contributed by atoms with Crippen LogP contribution in [0.4, 0.5) is 10.5 Å². The summed E-state index contributed by atoms with van der Waals surface area (Å²) < 4.78 is 5.31. The van der Waals surface area contributed by atoms with E-state index in [2.05, 4.69) is 0 Å². The fraction of sp³-hybridized carbons (Fsp3) is 0.500. The highest BCUT2D eigenvalue weighted by molar-refractivity contribution is 5.95. The van der Waals surface area contributed by atoms with Gasteiger partial charge in [0, 0.05) is 43.9 Å². The normalized spacial score (nSPS) is 15.1. The third kappa shape index (κ3) is 4.43. The van der Waals surface area contributed by atoms with Crippen LogP contribution in [-0.2, 0) is 4.74 Å². The first-order valence-electron chi connectivity index (χ1n) is 7.69. The minimum atomic E-state index is -0.562. The topological polar surface area (TPSA) is 93.0 Å². The lowest BCUT2D eigenvalue weighted by Gasteiger charge is -2.35. The van der Waals surface area contributed by atoms with Crippen LogP contribution in [0.2, 0.25) is 0 Å². The standard InChI is InChI=1S/C16H21N3O5/c1-16(2,3)24-15(21)18-9-7-17(8-10-18)14(20)12-5-4-6-13(11-12)19(22)23/h4-6,11H,7-10H2,1-3H3. The van der Waals surface area contributed by atoms with Crippen LogP contribution in [0.25, 0.3) is 0 Å². The molecule has 1 saturated heterocycles. The Balaban J connectivity index is 1.97. The maximum atomic E-state index is 12.4. The number of nitrogens with zero attached hydrogens (tertiary/aromatic N) is 3. The summed E-state index contributed by atoms with van der Waals surface area (Å²) in [5.74, 6) is -0.275. The first-order chi connectivity index (χ1) is 11.2. The van der Waals surface area contributed by atoms with Gasteiger partial charge < -0.3 is 14.5 Å². The number of nitro groups is 1. The molecule has 8 nitrogen and oxygen atoms in total. The van der Waals surface area contributed by atoms with E-state index < -0.39 is 16.6 Å². The number of non-ortho nitro benzene ring substituents is 1. The number of hydrogen-bond donors (Lipinski definition) is 0. The summed E-state index contributed by atoms with van der Waals surface area (Å²) in [6, 6.07) is 5.65. The molecule has 1 aromatic rings. The van der Waals surface area contributed by atoms with Gasteiger partial charge in [-0.05, 0) is 26.8 Å². The molecule has 0 radical (unpaired) electrons. The molecule has 0 aromatic heterocycles. The zero-order chi connectivity index (χ0) is 17.9. The Kier molecular flexibility index (Phi) is 5.06. The Labute approximate surface area is 140 Å². The third-order valence-electron chi connectivity index (χ3n) is 3.52. The first-order valence-corrected chi connectivity index (χ1v) is 7.69. The highest BCUT2D eigenvalue weighted by atomic mass is 16.6. The van der Waals surface area contributed by atoms with Crippen LogP contribution in [0.15, 0.2) is 24.3 Å². The van der Waals surface area contributed by atoms with E-state index in [0.29, 0.717) is 26.2 Å². The summed E-state index contributed by atoms with van der Waals surface area (Å²) in [5, 5.41) is 10.8. The number of ether oxygens (including phenoxy) is 1. The Morgan fingerprint density at radius 2 is 1.71 bits per heavy atom. The quantitative estimate of drug-likeness (QED) is 0.610. The molecule has 0 bridgehead atoms. The Bertz CT molecular complexity index is 645. The molecule has 1 fully saturated rings. The minimum absolute atomic E-state index is 0.117. The zero-order valence-electron chi connectivity index (χ0n) is 14.0. The molecule has 0 saturated carbocycles. The smallest absolute Gasteiger partial charge is 0.410 e. The zero-order valence-corrected chi connectivity index (χ0v) is 14.0. The highest BCUT2D eigenvalue weighted by Crippen LogP contribution is 2.17. The van der Waals surface area contributed by atoms with Crippen LogP contribution in [0.5, 0.6) is 0 Å². The molecule has 1 heterocycles. The second-order valence-corrected chi connectivity index (χ2v) is 6.57. The summed E-state index contributed by atoms with van der Waals surface area (Å²) >= 11 is 0. The summed E-state index contributed by atoms with van der Waals surface area (Å²) in [7, 11) is 0. The molecule has 0 N–H and O–H groups in total. The maximum Gasteiger partial charge on any atom is 0.410 e. The summed E-state index contributed by atoms with van der Waals surface area (Å²) in [6.07, 6.45) is -0.398. The molecule has 8 heteroatoms. The van der Waals surface area contributed by atoms with E-state index in [1.54, 1.807) is 36.6 Å². The number of nitro benzene ring substituents is 1. The van der Waals surface area contributed by atoms with Gasteiger partial charge in [0.2, 0.25) is 0 Å². The van der Waals surface area contributed by atoms with Crippen LogP contribution in [0, 0.1) is 10.1 Å². The predicted molar refractivity (Wildman–Crippen MR) is 86.8 cm³/mol. The number of hydrogen-bond acceptors (Lipinski definition) is 5. The molecule has 0 aliphatic carbocycles. The van der Waals surface area contributed by atoms with Gasteiger partial charge in [-0.15, -0.1) is 0 Å². The van der Waals surface area contributed by atoms with E-state index in [-0.39, 0.29) is 17.2 Å². The van der Waals surface area contributed by atoms with Crippen molar-refractivity contribution in [1.82, 2.24) is 9.80 Å². The number of benzene rings is 1. The molecule has 0 atom stereocenters. The Hall–Kier alpha value is -2.64. The van der Waals surface area contributed by atoms with Gasteiger partial charge in [-0.2, -0.15) is 0 Å². The predicted octanol–water partition coefficient (Wildman–Crippen LogP) is 2.29. The summed E-state index contributed by atoms with van der Waals surface area (Å²) in [6.45, 7) is 6.86. The van der Waals surface area contributed by atoms with Gasteiger partial charge in [0.1, 0.15) is 5.60 Å². The number of amides is 2. The molecular weight excluding hydrogens is 314 g/mol. The van der Waals surface area contributed by atoms with Gasteiger partial charge in [-0.1, -0.05) is 6.07 Å². The summed E-state index contributed by atoms with van der Waals surface area (Å²) in [4.78, 5) is 37.9. The molecule has 0 spiro atoms. The molecule has 1 aliphatic rings. The molecule has 2 rings (SSSR count). The fourth-order valence-electron chi connectivity index (χ4n) is 2.35. The number of carbonyl (C=O) groups excluding carboxylic acids is 2. The molecule has 130 valence electrons. The molecule has 24 heavy (non-hydrogen) atoms. The van der Waals surface area contributed by atoms with Crippen molar-refractivity contribution in [3.05, 3.63) is 39.9 Å². The number of rotatable bonds is 2. The second-order valence-electron chi connectivity index (χ2n) is 6.57. The maximum absolute atomic E-state index is 12.4. The number of carbonyl (C=O) groups is 2. The van der Waals surface area contributed by atoms with Crippen LogP contribution >= 0.6 is 0 Å². The average molecular weight is 335 g/mol. The molecule has 2 amide bonds. The van der Waals surface area contributed by atoms with Gasteiger partial charge in [-0.25, -0.2) is 4.79 Å². The van der Waals surface area contributed by atoms with Gasteiger partial charge in [-0.3, -0.25) is 14.9 Å². The van der Waals surface area contributed by atoms with Crippen LogP contribution in [0.3, 0.4) is 0 Å². The van der Waals surface area contributed by atoms with E-state index in [9.17, 15) is 19.7 Å². The van der Waals surface area contributed by atoms with Gasteiger partial charge in [0.25, 0.3) is 11.6 Å². The Morgan fingerprint density at radius 3 is 2.25 bits per heavy atom. The lowest BCUT2D eigenvalue weighted by molar-refractivity contribution is -0.384. The molecule has 1 aliphatic heterocycles. The van der Waals surface area contributed by atoms with E-state index in [0.717, 1.165) is 0 Å². The van der Waals surface area contributed by atoms with Crippen LogP contribution in [0.1, 0.15) is 31.1 Å². The largest absolute Gasteiger partial charge is 0.444 e. The third-order valence-corrected chi connectivity index (χ3v) is 3.52. The van der Waals surface area contributed by atoms with Gasteiger partial charge in [0.15, 0.2) is 0 Å². The van der Waals surface area contributed by atoms with Crippen molar-refractivity contribution in [1.29, 1.82) is 0 Å². The van der Waals surface area contributed by atoms with Crippen molar-refractivity contribution in [2.45, 2.75) is 26.4 Å². The van der Waals surface area contributed by atoms with E-state index in [4.69, 9.17) is 4.74 Å². The molecular formula is C16H21N3O5. The average Bonchev–Trinajstić information content (AvgIpc) is 2.53. The monoisotopic (exact) mass is 335 g/mol. The van der Waals surface area contributed by atoms with Crippen molar-refractivity contribution >= 4 is 17.7 Å². The van der Waals surface area contributed by atoms with Gasteiger partial charge in [0.05, 0.1) is 4.92 Å². The van der Waals surface area contributed by atoms with Crippen molar-refractivity contribution in [2.24, 2.45) is 0 Å². The lowest BCUT2D eigenvalue weighted by Crippen LogP contribution is -2.51. The lowest BCUT2D eigenvalue weighted by atomic mass is 10.1. The second kappa shape index (κ2) is 6.86. The highest BCUT2D eigenvalue weighted by Gasteiger charge is 2.28. The minimum Gasteiger partial charge on any atom is -0.444 e. The van der Waals surface area contributed by atoms with Gasteiger partial charge >= 0.3 is 6.09 Å². The Morgan fingerprint density at radius 1 is 1.12 bits per heavy atom.